The summed E-state index contributed by atoms with van der Waals surface area (Å²) in [5.74, 6) is 0.843. The van der Waals surface area contributed by atoms with Gasteiger partial charge in [0.1, 0.15) is 18.2 Å². The molecule has 0 aliphatic carbocycles. The Labute approximate surface area is 141 Å². The summed E-state index contributed by atoms with van der Waals surface area (Å²) in [6.45, 7) is 0.410. The highest BCUT2D eigenvalue weighted by Crippen LogP contribution is 2.29. The van der Waals surface area contributed by atoms with E-state index in [-0.39, 0.29) is 5.84 Å². The third kappa shape index (κ3) is 3.19. The Kier molecular flexibility index (Phi) is 4.25. The summed E-state index contributed by atoms with van der Waals surface area (Å²) in [4.78, 5) is 0.761. The minimum atomic E-state index is 0.0828. The van der Waals surface area contributed by atoms with E-state index in [1.807, 2.05) is 30.3 Å². The molecule has 0 saturated heterocycles. The van der Waals surface area contributed by atoms with E-state index in [1.54, 1.807) is 12.1 Å². The molecule has 0 radical (unpaired) electrons. The zero-order chi connectivity index (χ0) is 15.7. The SMILES string of the molecule is N=C(N)c1cc2ccc(OCc3ccc(Cl)c(Cl)c3)cc2s1. The van der Waals surface area contributed by atoms with E-state index in [1.165, 1.54) is 11.3 Å². The number of nitrogens with two attached hydrogens (primary N) is 1. The second kappa shape index (κ2) is 6.16. The lowest BCUT2D eigenvalue weighted by Gasteiger charge is -2.07. The molecule has 3 rings (SSSR count). The van der Waals surface area contributed by atoms with E-state index in [0.29, 0.717) is 16.7 Å². The number of nitrogen functional groups attached to an aromatic ring is 1. The Hall–Kier alpha value is -1.75. The highest BCUT2D eigenvalue weighted by Gasteiger charge is 2.06. The van der Waals surface area contributed by atoms with E-state index >= 15 is 0 Å². The number of hydrogen-bond donors (Lipinski definition) is 2. The van der Waals surface area contributed by atoms with E-state index in [4.69, 9.17) is 39.1 Å². The summed E-state index contributed by atoms with van der Waals surface area (Å²) in [5, 5.41) is 9.58. The average Bonchev–Trinajstić information content (AvgIpc) is 2.92. The Morgan fingerprint density at radius 2 is 1.91 bits per heavy atom. The van der Waals surface area contributed by atoms with Gasteiger partial charge in [-0.05, 0) is 47.3 Å². The molecular weight excluding hydrogens is 339 g/mol. The predicted octanol–water partition coefficient (Wildman–Crippen LogP) is 5.07. The van der Waals surface area contributed by atoms with Crippen LogP contribution in [-0.4, -0.2) is 5.84 Å². The molecule has 3 aromatic rings. The van der Waals surface area contributed by atoms with Crippen LogP contribution >= 0.6 is 34.5 Å². The van der Waals surface area contributed by atoms with Crippen LogP contribution in [0, 0.1) is 5.41 Å². The number of benzene rings is 2. The van der Waals surface area contributed by atoms with Gasteiger partial charge in [0.15, 0.2) is 0 Å². The second-order valence-corrected chi connectivity index (χ2v) is 6.66. The lowest BCUT2D eigenvalue weighted by atomic mass is 10.2. The molecule has 1 aromatic heterocycles. The molecule has 0 aliphatic heterocycles. The third-order valence-corrected chi connectivity index (χ3v) is 5.02. The van der Waals surface area contributed by atoms with Gasteiger partial charge in [-0.3, -0.25) is 5.41 Å². The molecule has 112 valence electrons. The van der Waals surface area contributed by atoms with Crippen molar-refractivity contribution >= 4 is 50.5 Å². The molecule has 0 fully saturated rings. The maximum Gasteiger partial charge on any atom is 0.133 e. The number of halogens is 2. The first kappa shape index (κ1) is 15.2. The number of fused-ring (bicyclic) bond motifs is 1. The molecule has 22 heavy (non-hydrogen) atoms. The number of nitrogens with one attached hydrogen (secondary N) is 1. The molecular formula is C16H12Cl2N2OS. The molecule has 0 aliphatic rings. The molecule has 3 nitrogen and oxygen atoms in total. The lowest BCUT2D eigenvalue weighted by Crippen LogP contribution is -2.08. The minimum Gasteiger partial charge on any atom is -0.489 e. The van der Waals surface area contributed by atoms with Crippen molar-refractivity contribution in [2.75, 3.05) is 0 Å². The maximum atomic E-state index is 7.49. The summed E-state index contributed by atoms with van der Waals surface area (Å²) in [6.07, 6.45) is 0. The van der Waals surface area contributed by atoms with Gasteiger partial charge in [0.2, 0.25) is 0 Å². The summed E-state index contributed by atoms with van der Waals surface area (Å²) in [5.41, 5.74) is 6.47. The lowest BCUT2D eigenvalue weighted by molar-refractivity contribution is 0.306. The Morgan fingerprint density at radius 1 is 1.09 bits per heavy atom. The maximum absolute atomic E-state index is 7.49. The van der Waals surface area contributed by atoms with Crippen molar-refractivity contribution in [3.8, 4) is 5.75 Å². The second-order valence-electron chi connectivity index (χ2n) is 4.76. The van der Waals surface area contributed by atoms with Gasteiger partial charge in [-0.1, -0.05) is 29.3 Å². The largest absolute Gasteiger partial charge is 0.489 e. The molecule has 0 atom stereocenters. The molecule has 0 saturated carbocycles. The van der Waals surface area contributed by atoms with Crippen LogP contribution < -0.4 is 10.5 Å². The first-order valence-electron chi connectivity index (χ1n) is 6.47. The van der Waals surface area contributed by atoms with Crippen LogP contribution in [0.15, 0.2) is 42.5 Å². The van der Waals surface area contributed by atoms with Crippen molar-refractivity contribution in [3.63, 3.8) is 0 Å². The van der Waals surface area contributed by atoms with E-state index < -0.39 is 0 Å². The van der Waals surface area contributed by atoms with Crippen molar-refractivity contribution in [2.45, 2.75) is 6.61 Å². The van der Waals surface area contributed by atoms with Crippen LogP contribution in [-0.2, 0) is 6.61 Å². The van der Waals surface area contributed by atoms with Crippen LogP contribution in [0.1, 0.15) is 10.4 Å². The van der Waals surface area contributed by atoms with Crippen LogP contribution in [0.4, 0.5) is 0 Å². The zero-order valence-electron chi connectivity index (χ0n) is 11.4. The average molecular weight is 351 g/mol. The summed E-state index contributed by atoms with van der Waals surface area (Å²) < 4.78 is 6.82. The van der Waals surface area contributed by atoms with E-state index in [2.05, 4.69) is 0 Å². The van der Waals surface area contributed by atoms with Crippen LogP contribution in [0.2, 0.25) is 10.0 Å². The van der Waals surface area contributed by atoms with Gasteiger partial charge in [-0.25, -0.2) is 0 Å². The fraction of sp³-hybridized carbons (Fsp3) is 0.0625. The molecule has 1 heterocycles. The summed E-state index contributed by atoms with van der Waals surface area (Å²) in [7, 11) is 0. The first-order valence-corrected chi connectivity index (χ1v) is 8.05. The number of thiophene rings is 1. The minimum absolute atomic E-state index is 0.0828. The zero-order valence-corrected chi connectivity index (χ0v) is 13.7. The van der Waals surface area contributed by atoms with Gasteiger partial charge in [-0.2, -0.15) is 0 Å². The van der Waals surface area contributed by atoms with Crippen LogP contribution in [0.3, 0.4) is 0 Å². The Balaban J connectivity index is 1.78. The van der Waals surface area contributed by atoms with Gasteiger partial charge < -0.3 is 10.5 Å². The van der Waals surface area contributed by atoms with Gasteiger partial charge in [0, 0.05) is 4.70 Å². The molecule has 3 N–H and O–H groups in total. The molecule has 2 aromatic carbocycles. The van der Waals surface area contributed by atoms with Crippen molar-refractivity contribution < 1.29 is 4.74 Å². The highest BCUT2D eigenvalue weighted by molar-refractivity contribution is 7.20. The summed E-state index contributed by atoms with van der Waals surface area (Å²) in [6, 6.07) is 13.1. The number of amidine groups is 1. The third-order valence-electron chi connectivity index (χ3n) is 3.15. The van der Waals surface area contributed by atoms with Crippen molar-refractivity contribution in [3.05, 3.63) is 63.0 Å². The Morgan fingerprint density at radius 3 is 2.64 bits per heavy atom. The van der Waals surface area contributed by atoms with Gasteiger partial charge in [0.05, 0.1) is 14.9 Å². The quantitative estimate of drug-likeness (QED) is 0.509. The van der Waals surface area contributed by atoms with E-state index in [0.717, 1.165) is 26.3 Å². The molecule has 0 bridgehead atoms. The number of rotatable bonds is 4. The fourth-order valence-electron chi connectivity index (χ4n) is 2.03. The smallest absolute Gasteiger partial charge is 0.133 e. The van der Waals surface area contributed by atoms with Crippen LogP contribution in [0.5, 0.6) is 5.75 Å². The first-order chi connectivity index (χ1) is 10.5. The summed E-state index contributed by atoms with van der Waals surface area (Å²) >= 11 is 13.4. The number of ether oxygens (including phenoxy) is 1. The van der Waals surface area contributed by atoms with E-state index in [9.17, 15) is 0 Å². The molecule has 0 spiro atoms. The topological polar surface area (TPSA) is 59.1 Å². The Bertz CT molecular complexity index is 860. The normalized spacial score (nSPS) is 10.8. The highest BCUT2D eigenvalue weighted by atomic mass is 35.5. The standard InChI is InChI=1S/C16H12Cl2N2OS/c17-12-4-1-9(5-13(12)18)8-21-11-3-2-10-6-15(16(19)20)22-14(10)7-11/h1-7H,8H2,(H3,19,20). The molecule has 6 heteroatoms. The molecule has 0 amide bonds. The van der Waals surface area contributed by atoms with Crippen LogP contribution in [0.25, 0.3) is 10.1 Å². The van der Waals surface area contributed by atoms with Crippen molar-refractivity contribution in [1.29, 1.82) is 5.41 Å². The monoisotopic (exact) mass is 350 g/mol. The van der Waals surface area contributed by atoms with Gasteiger partial charge >= 0.3 is 0 Å². The molecule has 0 unspecified atom stereocenters. The predicted molar refractivity (Wildman–Crippen MR) is 93.6 cm³/mol. The fourth-order valence-corrected chi connectivity index (χ4v) is 3.30. The van der Waals surface area contributed by atoms with Crippen molar-refractivity contribution in [1.82, 2.24) is 0 Å². The van der Waals surface area contributed by atoms with Gasteiger partial charge in [0.25, 0.3) is 0 Å². The number of hydrogen-bond acceptors (Lipinski definition) is 3. The van der Waals surface area contributed by atoms with Gasteiger partial charge in [-0.15, -0.1) is 11.3 Å². The van der Waals surface area contributed by atoms with Crippen molar-refractivity contribution in [2.24, 2.45) is 5.73 Å².